The van der Waals surface area contributed by atoms with Crippen molar-refractivity contribution in [3.63, 3.8) is 0 Å². The molecule has 0 aliphatic rings. The van der Waals surface area contributed by atoms with E-state index in [2.05, 4.69) is 27.3 Å². The van der Waals surface area contributed by atoms with Crippen LogP contribution < -0.4 is 4.72 Å². The van der Waals surface area contributed by atoms with Crippen LogP contribution in [0.1, 0.15) is 12.5 Å². The molecular formula is C11H16FIN2O2S. The van der Waals surface area contributed by atoms with Gasteiger partial charge in [-0.1, -0.05) is 12.1 Å². The zero-order chi connectivity index (χ0) is 14.0. The molecule has 0 saturated carbocycles. The summed E-state index contributed by atoms with van der Waals surface area (Å²) in [5.41, 5.74) is -1.29. The summed E-state index contributed by atoms with van der Waals surface area (Å²) in [4.78, 5) is 0. The lowest BCUT2D eigenvalue weighted by molar-refractivity contribution is 0.196. The average molecular weight is 386 g/mol. The number of alkyl halides is 1. The highest BCUT2D eigenvalue weighted by atomic mass is 127. The smallest absolute Gasteiger partial charge is 0.238 e. The molecule has 0 aliphatic carbocycles. The predicted octanol–water partition coefficient (Wildman–Crippen LogP) is 1.87. The quantitative estimate of drug-likeness (QED) is 0.786. The molecule has 0 bridgehead atoms. The van der Waals surface area contributed by atoms with Gasteiger partial charge in [0.05, 0.1) is 0 Å². The molecule has 102 valence electrons. The average Bonchev–Trinajstić information content (AvgIpc) is 2.27. The Labute approximate surface area is 121 Å². The van der Waals surface area contributed by atoms with E-state index in [0.29, 0.717) is 5.56 Å². The van der Waals surface area contributed by atoms with Crippen molar-refractivity contribution < 1.29 is 12.8 Å². The molecule has 4 nitrogen and oxygen atoms in total. The van der Waals surface area contributed by atoms with Gasteiger partial charge >= 0.3 is 0 Å². The number of nitrogens with zero attached hydrogens (tertiary/aromatic N) is 1. The second-order valence-corrected chi connectivity index (χ2v) is 7.53. The fourth-order valence-electron chi connectivity index (χ4n) is 1.26. The molecule has 1 aromatic rings. The molecule has 0 radical (unpaired) electrons. The van der Waals surface area contributed by atoms with Crippen LogP contribution in [-0.4, -0.2) is 33.4 Å². The summed E-state index contributed by atoms with van der Waals surface area (Å²) in [7, 11) is -0.822. The molecule has 18 heavy (non-hydrogen) atoms. The molecule has 0 saturated heterocycles. The first-order chi connectivity index (χ1) is 8.15. The van der Waals surface area contributed by atoms with E-state index < -0.39 is 15.9 Å². The molecule has 1 rings (SSSR count). The van der Waals surface area contributed by atoms with E-state index in [4.69, 9.17) is 0 Å². The van der Waals surface area contributed by atoms with Crippen molar-refractivity contribution in [2.24, 2.45) is 0 Å². The summed E-state index contributed by atoms with van der Waals surface area (Å²) in [5.74, 6) is 0. The van der Waals surface area contributed by atoms with Gasteiger partial charge in [0.2, 0.25) is 0 Å². The van der Waals surface area contributed by atoms with E-state index in [1.54, 1.807) is 24.3 Å². The van der Waals surface area contributed by atoms with Crippen molar-refractivity contribution in [3.05, 3.63) is 33.4 Å². The van der Waals surface area contributed by atoms with Gasteiger partial charge in [-0.3, -0.25) is 0 Å². The number of halogens is 2. The van der Waals surface area contributed by atoms with Gasteiger partial charge < -0.3 is 0 Å². The first-order valence-corrected chi connectivity index (χ1v) is 7.79. The summed E-state index contributed by atoms with van der Waals surface area (Å²) in [5, 5.41) is 0. The van der Waals surface area contributed by atoms with Crippen LogP contribution in [0.5, 0.6) is 0 Å². The van der Waals surface area contributed by atoms with Crippen LogP contribution in [0.4, 0.5) is 4.39 Å². The van der Waals surface area contributed by atoms with Gasteiger partial charge in [0.25, 0.3) is 10.2 Å². The third-order valence-electron chi connectivity index (χ3n) is 2.51. The fraction of sp³-hybridized carbons (Fsp3) is 0.455. The molecule has 1 aromatic carbocycles. The molecule has 0 fully saturated rings. The van der Waals surface area contributed by atoms with Gasteiger partial charge in [0.15, 0.2) is 0 Å². The van der Waals surface area contributed by atoms with Gasteiger partial charge in [-0.25, -0.2) is 4.39 Å². The SMILES string of the molecule is CN(C)S(=O)(=O)NCC(C)(F)c1ccc(I)cc1. The monoisotopic (exact) mass is 386 g/mol. The molecule has 0 heterocycles. The van der Waals surface area contributed by atoms with E-state index in [0.717, 1.165) is 7.88 Å². The van der Waals surface area contributed by atoms with Gasteiger partial charge in [0.1, 0.15) is 5.67 Å². The molecule has 1 unspecified atom stereocenters. The molecule has 0 aliphatic heterocycles. The molecule has 0 amide bonds. The maximum Gasteiger partial charge on any atom is 0.279 e. The predicted molar refractivity (Wildman–Crippen MR) is 78.2 cm³/mol. The second kappa shape index (κ2) is 5.81. The summed E-state index contributed by atoms with van der Waals surface area (Å²) in [6.45, 7) is 1.06. The van der Waals surface area contributed by atoms with Crippen molar-refractivity contribution in [1.29, 1.82) is 0 Å². The Kier molecular flexibility index (Phi) is 5.10. The van der Waals surface area contributed by atoms with Crippen LogP contribution in [0.3, 0.4) is 0 Å². The van der Waals surface area contributed by atoms with E-state index in [9.17, 15) is 12.8 Å². The topological polar surface area (TPSA) is 49.4 Å². The largest absolute Gasteiger partial charge is 0.279 e. The highest BCUT2D eigenvalue weighted by molar-refractivity contribution is 14.1. The van der Waals surface area contributed by atoms with Crippen LogP contribution in [0.15, 0.2) is 24.3 Å². The van der Waals surface area contributed by atoms with Crippen LogP contribution in [-0.2, 0) is 15.9 Å². The lowest BCUT2D eigenvalue weighted by atomic mass is 9.98. The minimum atomic E-state index is -3.61. The first kappa shape index (κ1) is 15.8. The Hall–Kier alpha value is -0.250. The Morgan fingerprint density at radius 2 is 1.83 bits per heavy atom. The van der Waals surface area contributed by atoms with E-state index in [1.807, 2.05) is 0 Å². The highest BCUT2D eigenvalue weighted by Crippen LogP contribution is 2.25. The normalized spacial score (nSPS) is 15.7. The number of benzene rings is 1. The molecular weight excluding hydrogens is 370 g/mol. The lowest BCUT2D eigenvalue weighted by Crippen LogP contribution is -2.41. The van der Waals surface area contributed by atoms with Crippen molar-refractivity contribution in [2.75, 3.05) is 20.6 Å². The van der Waals surface area contributed by atoms with Crippen LogP contribution >= 0.6 is 22.6 Å². The van der Waals surface area contributed by atoms with Gasteiger partial charge in [-0.05, 0) is 47.2 Å². The Balaban J connectivity index is 2.80. The zero-order valence-corrected chi connectivity index (χ0v) is 13.4. The maximum atomic E-state index is 14.4. The number of hydrogen-bond donors (Lipinski definition) is 1. The van der Waals surface area contributed by atoms with Crippen LogP contribution in [0, 0.1) is 3.57 Å². The lowest BCUT2D eigenvalue weighted by Gasteiger charge is -2.22. The van der Waals surface area contributed by atoms with Crippen molar-refractivity contribution in [1.82, 2.24) is 9.03 Å². The van der Waals surface area contributed by atoms with E-state index >= 15 is 0 Å². The minimum Gasteiger partial charge on any atom is -0.238 e. The van der Waals surface area contributed by atoms with Gasteiger partial charge in [0, 0.05) is 24.2 Å². The Morgan fingerprint density at radius 3 is 2.28 bits per heavy atom. The molecule has 1 atom stereocenters. The van der Waals surface area contributed by atoms with Crippen molar-refractivity contribution in [3.8, 4) is 0 Å². The molecule has 0 spiro atoms. The number of nitrogens with one attached hydrogen (secondary N) is 1. The summed E-state index contributed by atoms with van der Waals surface area (Å²) >= 11 is 2.13. The summed E-state index contributed by atoms with van der Waals surface area (Å²) in [6.07, 6.45) is 0. The third-order valence-corrected chi connectivity index (χ3v) is 4.70. The van der Waals surface area contributed by atoms with Crippen LogP contribution in [0.2, 0.25) is 0 Å². The second-order valence-electron chi connectivity index (χ2n) is 4.31. The molecule has 0 aromatic heterocycles. The summed E-state index contributed by atoms with van der Waals surface area (Å²) < 4.78 is 41.7. The molecule has 7 heteroatoms. The molecule has 1 N–H and O–H groups in total. The van der Waals surface area contributed by atoms with Crippen molar-refractivity contribution >= 4 is 32.8 Å². The van der Waals surface area contributed by atoms with E-state index in [-0.39, 0.29) is 6.54 Å². The highest BCUT2D eigenvalue weighted by Gasteiger charge is 2.28. The van der Waals surface area contributed by atoms with Gasteiger partial charge in [-0.2, -0.15) is 17.4 Å². The fourth-order valence-corrected chi connectivity index (χ4v) is 2.33. The van der Waals surface area contributed by atoms with Crippen molar-refractivity contribution in [2.45, 2.75) is 12.6 Å². The number of hydrogen-bond acceptors (Lipinski definition) is 2. The number of rotatable bonds is 5. The minimum absolute atomic E-state index is 0.298. The summed E-state index contributed by atoms with van der Waals surface area (Å²) in [6, 6.07) is 6.89. The first-order valence-electron chi connectivity index (χ1n) is 5.27. The third kappa shape index (κ3) is 4.15. The Morgan fingerprint density at radius 1 is 1.33 bits per heavy atom. The standard InChI is InChI=1S/C11H16FIN2O2S/c1-11(12,8-14-18(16,17)15(2)3)9-4-6-10(13)7-5-9/h4-7,14H,8H2,1-3H3. The van der Waals surface area contributed by atoms with E-state index in [1.165, 1.54) is 21.0 Å². The van der Waals surface area contributed by atoms with Gasteiger partial charge in [-0.15, -0.1) is 0 Å². The Bertz CT molecular complexity index is 500. The zero-order valence-electron chi connectivity index (χ0n) is 10.4. The maximum absolute atomic E-state index is 14.4. The van der Waals surface area contributed by atoms with Crippen LogP contribution in [0.25, 0.3) is 0 Å².